The molecule has 2 nitrogen and oxygen atoms in total. The first-order valence-corrected chi connectivity index (χ1v) is 3.92. The molecule has 2 heterocycles. The van der Waals surface area contributed by atoms with E-state index in [2.05, 4.69) is 30.1 Å². The second-order valence-electron chi connectivity index (χ2n) is 2.94. The molecule has 0 aromatic rings. The fraction of sp³-hybridized carbons (Fsp3) is 0.444. The molecule has 2 rings (SSSR count). The normalized spacial score (nSPS) is 34.1. The van der Waals surface area contributed by atoms with Crippen molar-refractivity contribution in [3.05, 3.63) is 24.5 Å². The third-order valence-electron chi connectivity index (χ3n) is 2.12. The highest BCUT2D eigenvalue weighted by Gasteiger charge is 2.24. The molecule has 0 saturated carbocycles. The van der Waals surface area contributed by atoms with E-state index in [4.69, 9.17) is 4.74 Å². The van der Waals surface area contributed by atoms with Crippen molar-refractivity contribution in [1.82, 2.24) is 0 Å². The number of ether oxygens (including phenoxy) is 1. The van der Waals surface area contributed by atoms with Crippen LogP contribution in [0.4, 0.5) is 0 Å². The Morgan fingerprint density at radius 2 is 2.45 bits per heavy atom. The largest absolute Gasteiger partial charge is 0.451 e. The summed E-state index contributed by atoms with van der Waals surface area (Å²) in [6.07, 6.45) is 8.07. The second-order valence-corrected chi connectivity index (χ2v) is 2.94. The number of hydrogen-bond acceptors (Lipinski definition) is 2. The molecule has 0 radical (unpaired) electrons. The Morgan fingerprint density at radius 1 is 1.55 bits per heavy atom. The van der Waals surface area contributed by atoms with Crippen LogP contribution in [0.2, 0.25) is 0 Å². The fourth-order valence-electron chi connectivity index (χ4n) is 1.41. The van der Waals surface area contributed by atoms with E-state index in [0.29, 0.717) is 11.8 Å². The van der Waals surface area contributed by atoms with E-state index in [1.54, 1.807) is 6.26 Å². The average molecular weight is 149 g/mol. The molecule has 58 valence electrons. The summed E-state index contributed by atoms with van der Waals surface area (Å²) >= 11 is 0. The molecule has 2 aliphatic rings. The molecule has 0 aliphatic carbocycles. The molecule has 0 aromatic heterocycles. The smallest absolute Gasteiger partial charge is 0.197 e. The molecular weight excluding hydrogens is 138 g/mol. The minimum Gasteiger partial charge on any atom is -0.451 e. The van der Waals surface area contributed by atoms with Gasteiger partial charge in [-0.15, -0.1) is 0 Å². The molecule has 0 fully saturated rings. The lowest BCUT2D eigenvalue weighted by Crippen LogP contribution is -2.25. The Morgan fingerprint density at radius 3 is 3.27 bits per heavy atom. The summed E-state index contributed by atoms with van der Waals surface area (Å²) in [4.78, 5) is 4.26. The Bertz CT molecular complexity index is 240. The van der Waals surface area contributed by atoms with Gasteiger partial charge in [0.1, 0.15) is 0 Å². The van der Waals surface area contributed by atoms with Crippen LogP contribution in [-0.2, 0) is 4.74 Å². The van der Waals surface area contributed by atoms with Crippen molar-refractivity contribution in [3.63, 3.8) is 0 Å². The first-order valence-electron chi connectivity index (χ1n) is 3.92. The van der Waals surface area contributed by atoms with Gasteiger partial charge in [-0.2, -0.15) is 0 Å². The first-order chi connectivity index (χ1) is 5.38. The lowest BCUT2D eigenvalue weighted by Gasteiger charge is -2.24. The van der Waals surface area contributed by atoms with Gasteiger partial charge in [0.05, 0.1) is 18.7 Å². The lowest BCUT2D eigenvalue weighted by atomic mass is 9.91. The number of hydrogen-bond donors (Lipinski definition) is 0. The Labute approximate surface area is 66.3 Å². The number of nitrogens with zero attached hydrogens (tertiary/aromatic N) is 1. The van der Waals surface area contributed by atoms with Crippen molar-refractivity contribution in [2.45, 2.75) is 6.92 Å². The monoisotopic (exact) mass is 149 g/mol. The van der Waals surface area contributed by atoms with Crippen LogP contribution >= 0.6 is 0 Å². The van der Waals surface area contributed by atoms with E-state index < -0.39 is 0 Å². The van der Waals surface area contributed by atoms with Crippen molar-refractivity contribution in [2.24, 2.45) is 16.8 Å². The van der Waals surface area contributed by atoms with Gasteiger partial charge < -0.3 is 4.74 Å². The summed E-state index contributed by atoms with van der Waals surface area (Å²) in [5, 5.41) is 0. The van der Waals surface area contributed by atoms with Crippen molar-refractivity contribution in [1.29, 1.82) is 0 Å². The van der Waals surface area contributed by atoms with Gasteiger partial charge >= 0.3 is 0 Å². The molecule has 2 unspecified atom stereocenters. The quantitative estimate of drug-likeness (QED) is 0.481. The topological polar surface area (TPSA) is 21.6 Å². The van der Waals surface area contributed by atoms with Gasteiger partial charge in [0.2, 0.25) is 0 Å². The van der Waals surface area contributed by atoms with E-state index in [-0.39, 0.29) is 0 Å². The zero-order chi connectivity index (χ0) is 7.68. The molecule has 0 amide bonds. The molecule has 0 spiro atoms. The number of allylic oxidation sites excluding steroid dienone is 1. The summed E-state index contributed by atoms with van der Waals surface area (Å²) in [6, 6.07) is 0. The molecule has 2 atom stereocenters. The minimum atomic E-state index is 0.383. The van der Waals surface area contributed by atoms with Crippen LogP contribution in [0.3, 0.4) is 0 Å². The highest BCUT2D eigenvalue weighted by Crippen LogP contribution is 2.23. The highest BCUT2D eigenvalue weighted by molar-refractivity contribution is 5.83. The summed E-state index contributed by atoms with van der Waals surface area (Å²) < 4.78 is 5.27. The SMILES string of the molecule is CC1C=COC2=NCC=CC21. The molecule has 0 saturated heterocycles. The van der Waals surface area contributed by atoms with Gasteiger partial charge in [-0.05, 0) is 12.0 Å². The maximum Gasteiger partial charge on any atom is 0.197 e. The van der Waals surface area contributed by atoms with Crippen LogP contribution < -0.4 is 0 Å². The molecular formula is C9H11NO. The molecule has 0 bridgehead atoms. The molecule has 2 aliphatic heterocycles. The second kappa shape index (κ2) is 2.53. The van der Waals surface area contributed by atoms with Gasteiger partial charge in [-0.1, -0.05) is 19.1 Å². The van der Waals surface area contributed by atoms with Crippen molar-refractivity contribution in [2.75, 3.05) is 6.54 Å². The van der Waals surface area contributed by atoms with Crippen molar-refractivity contribution in [3.8, 4) is 0 Å². The van der Waals surface area contributed by atoms with Crippen molar-refractivity contribution >= 4 is 5.90 Å². The molecule has 2 heteroatoms. The standard InChI is InChI=1S/C9H11NO/c1-7-4-6-11-9-8(7)3-2-5-10-9/h2-4,6-8H,5H2,1H3. The summed E-state index contributed by atoms with van der Waals surface area (Å²) in [6.45, 7) is 2.95. The Balaban J connectivity index is 2.28. The van der Waals surface area contributed by atoms with E-state index >= 15 is 0 Å². The van der Waals surface area contributed by atoms with Crippen LogP contribution in [0.5, 0.6) is 0 Å². The van der Waals surface area contributed by atoms with Crippen LogP contribution in [0, 0.1) is 11.8 Å². The van der Waals surface area contributed by atoms with E-state index in [1.807, 2.05) is 0 Å². The third kappa shape index (κ3) is 1.09. The van der Waals surface area contributed by atoms with Gasteiger partial charge in [0.15, 0.2) is 5.90 Å². The number of dihydropyridines is 1. The lowest BCUT2D eigenvalue weighted by molar-refractivity contribution is 0.381. The van der Waals surface area contributed by atoms with Crippen molar-refractivity contribution < 1.29 is 4.74 Å². The first kappa shape index (κ1) is 6.65. The number of rotatable bonds is 0. The number of aliphatic imine (C=N–C) groups is 1. The summed E-state index contributed by atoms with van der Waals surface area (Å²) in [5.41, 5.74) is 0. The predicted molar refractivity (Wildman–Crippen MR) is 44.3 cm³/mol. The van der Waals surface area contributed by atoms with E-state index in [1.165, 1.54) is 0 Å². The zero-order valence-electron chi connectivity index (χ0n) is 6.53. The van der Waals surface area contributed by atoms with Gasteiger partial charge in [-0.3, -0.25) is 4.99 Å². The summed E-state index contributed by atoms with van der Waals surface area (Å²) in [5.74, 6) is 1.79. The van der Waals surface area contributed by atoms with Gasteiger partial charge in [0, 0.05) is 0 Å². The predicted octanol–water partition coefficient (Wildman–Crippen LogP) is 1.75. The average Bonchev–Trinajstić information content (AvgIpc) is 2.06. The minimum absolute atomic E-state index is 0.383. The van der Waals surface area contributed by atoms with Gasteiger partial charge in [-0.25, -0.2) is 0 Å². The molecule has 0 aromatic carbocycles. The van der Waals surface area contributed by atoms with Gasteiger partial charge in [0.25, 0.3) is 0 Å². The molecule has 0 N–H and O–H groups in total. The number of fused-ring (bicyclic) bond motifs is 1. The molecule has 11 heavy (non-hydrogen) atoms. The van der Waals surface area contributed by atoms with Crippen LogP contribution in [-0.4, -0.2) is 12.4 Å². The fourth-order valence-corrected chi connectivity index (χ4v) is 1.41. The maximum absolute atomic E-state index is 5.27. The van der Waals surface area contributed by atoms with E-state index in [9.17, 15) is 0 Å². The maximum atomic E-state index is 5.27. The third-order valence-corrected chi connectivity index (χ3v) is 2.12. The van der Waals surface area contributed by atoms with Crippen LogP contribution in [0.25, 0.3) is 0 Å². The Kier molecular flexibility index (Phi) is 1.53. The van der Waals surface area contributed by atoms with Crippen LogP contribution in [0.1, 0.15) is 6.92 Å². The van der Waals surface area contributed by atoms with Crippen LogP contribution in [0.15, 0.2) is 29.5 Å². The Hall–Kier alpha value is -1.05. The zero-order valence-corrected chi connectivity index (χ0v) is 6.53. The summed E-state index contributed by atoms with van der Waals surface area (Å²) in [7, 11) is 0. The van der Waals surface area contributed by atoms with E-state index in [0.717, 1.165) is 12.4 Å². The highest BCUT2D eigenvalue weighted by atomic mass is 16.5.